The van der Waals surface area contributed by atoms with E-state index in [0.29, 0.717) is 22.3 Å². The maximum absolute atomic E-state index is 14.1. The molecule has 1 fully saturated rings. The summed E-state index contributed by atoms with van der Waals surface area (Å²) in [5.41, 5.74) is 1.76. The Hall–Kier alpha value is -2.54. The van der Waals surface area contributed by atoms with Gasteiger partial charge in [-0.05, 0) is 32.5 Å². The van der Waals surface area contributed by atoms with E-state index in [1.165, 1.54) is 29.7 Å². The van der Waals surface area contributed by atoms with Gasteiger partial charge >= 0.3 is 180 Å². The molecule has 10 heteroatoms. The Morgan fingerprint density at radius 1 is 1.11 bits per heavy atom. The van der Waals surface area contributed by atoms with Crippen LogP contribution in [0.2, 0.25) is 5.02 Å². The Balaban J connectivity index is 1.37. The fraction of sp³-hybridized carbons (Fsp3) is 0.320. The summed E-state index contributed by atoms with van der Waals surface area (Å²) in [5.74, 6) is -1.28. The number of nitrogens with zero attached hydrogens (tertiary/aromatic N) is 3. The van der Waals surface area contributed by atoms with Crippen LogP contribution in [0.15, 0.2) is 42.6 Å². The zero-order valence-electron chi connectivity index (χ0n) is 19.1. The topological polar surface area (TPSA) is 67.4 Å². The molecule has 6 nitrogen and oxygen atoms in total. The molecule has 1 aromatic heterocycles. The summed E-state index contributed by atoms with van der Waals surface area (Å²) < 4.78 is 33.9. The van der Waals surface area contributed by atoms with Gasteiger partial charge in [-0.2, -0.15) is 0 Å². The predicted molar refractivity (Wildman–Crippen MR) is 134 cm³/mol. The summed E-state index contributed by atoms with van der Waals surface area (Å²) >= 11 is 7.06. The van der Waals surface area contributed by atoms with Crippen LogP contribution in [0, 0.1) is 11.6 Å². The fourth-order valence-corrected chi connectivity index (χ4v) is 4.55. The number of hydrogen-bond donors (Lipinski definition) is 1. The van der Waals surface area contributed by atoms with Gasteiger partial charge in [0.1, 0.15) is 0 Å². The van der Waals surface area contributed by atoms with Crippen molar-refractivity contribution in [3.05, 3.63) is 70.4 Å². The van der Waals surface area contributed by atoms with Crippen LogP contribution < -0.4 is 14.5 Å². The fourth-order valence-electron chi connectivity index (χ4n) is 3.87. The molecule has 184 valence electrons. The average molecular weight is 563 g/mol. The van der Waals surface area contributed by atoms with Crippen LogP contribution >= 0.6 is 11.6 Å². The first kappa shape index (κ1) is 25.5. The Bertz CT molecular complexity index is 1190. The molecule has 0 radical (unpaired) electrons. The van der Waals surface area contributed by atoms with Crippen molar-refractivity contribution in [1.82, 2.24) is 20.2 Å². The van der Waals surface area contributed by atoms with Gasteiger partial charge in [-0.25, -0.2) is 0 Å². The van der Waals surface area contributed by atoms with Gasteiger partial charge < -0.3 is 4.90 Å². The molecule has 1 aliphatic heterocycles. The van der Waals surface area contributed by atoms with Gasteiger partial charge in [-0.15, -0.1) is 0 Å². The van der Waals surface area contributed by atoms with E-state index in [1.807, 2.05) is 0 Å². The molecular formula is C25H26AsClF2N4O2. The summed E-state index contributed by atoms with van der Waals surface area (Å²) in [6.07, 6.45) is 5.06. The first-order valence-electron chi connectivity index (χ1n) is 11.4. The number of likely N-dealkylation sites (tertiary alicyclic amines) is 1. The molecule has 1 amide bonds. The van der Waals surface area contributed by atoms with Crippen molar-refractivity contribution in [2.45, 2.75) is 25.9 Å². The van der Waals surface area contributed by atoms with Gasteiger partial charge in [0.25, 0.3) is 0 Å². The molecule has 1 N–H and O–H groups in total. The third-order valence-corrected chi connectivity index (χ3v) is 7.08. The van der Waals surface area contributed by atoms with E-state index in [4.69, 9.17) is 16.3 Å². The zero-order chi connectivity index (χ0) is 24.8. The van der Waals surface area contributed by atoms with Gasteiger partial charge in [0.2, 0.25) is 0 Å². The quantitative estimate of drug-likeness (QED) is 0.247. The number of nitrogens with one attached hydrogen (secondary N) is 1. The Labute approximate surface area is 216 Å². The molecule has 2 heterocycles. The van der Waals surface area contributed by atoms with Gasteiger partial charge in [-0.1, -0.05) is 0 Å². The predicted octanol–water partition coefficient (Wildman–Crippen LogP) is 3.13. The van der Waals surface area contributed by atoms with Crippen LogP contribution in [0.3, 0.4) is 0 Å². The number of carbonyl (C=O) groups excluding carboxylic acids is 1. The molecule has 0 saturated carbocycles. The van der Waals surface area contributed by atoms with Gasteiger partial charge in [-0.3, -0.25) is 0 Å². The molecule has 1 aliphatic rings. The summed E-state index contributed by atoms with van der Waals surface area (Å²) in [4.78, 5) is 23.7. The molecule has 0 spiro atoms. The second kappa shape index (κ2) is 11.9. The first-order chi connectivity index (χ1) is 16.9. The van der Waals surface area contributed by atoms with Gasteiger partial charge in [0.15, 0.2) is 0 Å². The van der Waals surface area contributed by atoms with E-state index >= 15 is 0 Å². The number of halogens is 3. The Morgan fingerprint density at radius 3 is 2.57 bits per heavy atom. The third kappa shape index (κ3) is 6.57. The molecule has 1 atom stereocenters. The van der Waals surface area contributed by atoms with Gasteiger partial charge in [0, 0.05) is 0 Å². The zero-order valence-corrected chi connectivity index (χ0v) is 22.2. The second-order valence-corrected chi connectivity index (χ2v) is 9.82. The number of rotatable bonds is 9. The third-order valence-electron chi connectivity index (χ3n) is 5.84. The molecule has 1 saturated heterocycles. The van der Waals surface area contributed by atoms with E-state index in [-0.39, 0.29) is 29.0 Å². The number of carbonyl (C=O) groups is 1. The minimum atomic E-state index is -0.719. The van der Waals surface area contributed by atoms with Crippen LogP contribution in [0.25, 0.3) is 11.3 Å². The Morgan fingerprint density at radius 2 is 1.83 bits per heavy atom. The number of aromatic nitrogens is 2. The van der Waals surface area contributed by atoms with Crippen LogP contribution in [0.4, 0.5) is 8.78 Å². The van der Waals surface area contributed by atoms with Crippen molar-refractivity contribution < 1.29 is 18.3 Å². The molecule has 0 bridgehead atoms. The second-order valence-electron chi connectivity index (χ2n) is 8.29. The number of hydrogen-bond acceptors (Lipinski definition) is 5. The van der Waals surface area contributed by atoms with E-state index in [0.717, 1.165) is 43.8 Å². The summed E-state index contributed by atoms with van der Waals surface area (Å²) in [6, 6.07) is 9.02. The standard InChI is InChI=1S/C25H26AsClF2N4O2/c26-23-25(35-15-18-19(28)8-9-20(29)22(18)27)32-21(14-31-23)16-4-6-17(7-5-16)24(34)30-10-3-13-33-11-1-2-12-33/h4-9,14H,1-3,10-13,15,26H2,(H,30,34). The van der Waals surface area contributed by atoms with E-state index < -0.39 is 11.6 Å². The van der Waals surface area contributed by atoms with Crippen molar-refractivity contribution in [1.29, 1.82) is 0 Å². The van der Waals surface area contributed by atoms with Crippen molar-refractivity contribution in [2.75, 3.05) is 26.2 Å². The number of amides is 1. The monoisotopic (exact) mass is 562 g/mol. The SMILES string of the molecule is O=C(NCCCN1CCCC1)c1ccc(-c2cnc([AsH2])c(OCc3c(F)ccc(F)c3Cl)n2)cc1. The average Bonchev–Trinajstić information content (AvgIpc) is 3.39. The van der Waals surface area contributed by atoms with Crippen molar-refractivity contribution in [3.63, 3.8) is 0 Å². The van der Waals surface area contributed by atoms with E-state index in [1.54, 1.807) is 30.5 Å². The van der Waals surface area contributed by atoms with Crippen LogP contribution in [0.1, 0.15) is 35.2 Å². The number of ether oxygens (including phenoxy) is 1. The first-order valence-corrected chi connectivity index (χ1v) is 13.0. The van der Waals surface area contributed by atoms with Crippen LogP contribution in [-0.2, 0) is 6.61 Å². The minimum absolute atomic E-state index is 0.0819. The summed E-state index contributed by atoms with van der Waals surface area (Å²) in [5, 5.41) is 2.65. The molecule has 0 aliphatic carbocycles. The summed E-state index contributed by atoms with van der Waals surface area (Å²) in [6.45, 7) is 3.67. The van der Waals surface area contributed by atoms with Crippen molar-refractivity contribution in [2.24, 2.45) is 0 Å². The molecule has 35 heavy (non-hydrogen) atoms. The Kier molecular flexibility index (Phi) is 8.71. The molecular weight excluding hydrogens is 537 g/mol. The van der Waals surface area contributed by atoms with Crippen molar-refractivity contribution in [3.8, 4) is 17.1 Å². The number of benzene rings is 2. The summed E-state index contributed by atoms with van der Waals surface area (Å²) in [7, 11) is 0. The van der Waals surface area contributed by atoms with E-state index in [9.17, 15) is 13.6 Å². The maximum atomic E-state index is 14.1. The van der Waals surface area contributed by atoms with Gasteiger partial charge in [0.05, 0.1) is 0 Å². The van der Waals surface area contributed by atoms with Crippen LogP contribution in [-0.4, -0.2) is 63.8 Å². The molecule has 3 aromatic rings. The van der Waals surface area contributed by atoms with Crippen molar-refractivity contribution >= 4 is 38.8 Å². The molecule has 2 aromatic carbocycles. The molecule has 4 rings (SSSR count). The van der Waals surface area contributed by atoms with E-state index in [2.05, 4.69) is 20.2 Å². The van der Waals surface area contributed by atoms with Crippen LogP contribution in [0.5, 0.6) is 5.88 Å². The molecule has 1 unspecified atom stereocenters. The normalized spacial score (nSPS) is 13.7.